The van der Waals surface area contributed by atoms with Gasteiger partial charge in [-0.2, -0.15) is 0 Å². The number of benzene rings is 1. The Morgan fingerprint density at radius 2 is 2.00 bits per heavy atom. The summed E-state index contributed by atoms with van der Waals surface area (Å²) in [5.41, 5.74) is 6.12. The van der Waals surface area contributed by atoms with Crippen LogP contribution in [0.2, 0.25) is 10.0 Å². The lowest BCUT2D eigenvalue weighted by molar-refractivity contribution is 0.532. The first kappa shape index (κ1) is 11.4. The maximum atomic E-state index is 7.61. The molecule has 0 amide bonds. The van der Waals surface area contributed by atoms with Crippen molar-refractivity contribution in [2.24, 2.45) is 5.73 Å². The first-order valence-corrected chi connectivity index (χ1v) is 5.43. The van der Waals surface area contributed by atoms with Crippen molar-refractivity contribution in [2.45, 2.75) is 0 Å². The van der Waals surface area contributed by atoms with Gasteiger partial charge in [0.1, 0.15) is 4.99 Å². The lowest BCUT2D eigenvalue weighted by Crippen LogP contribution is -2.19. The molecule has 16 heavy (non-hydrogen) atoms. The van der Waals surface area contributed by atoms with Crippen LogP contribution in [0.3, 0.4) is 0 Å². The lowest BCUT2D eigenvalue weighted by atomic mass is 10.2. The van der Waals surface area contributed by atoms with Crippen molar-refractivity contribution in [1.82, 2.24) is 0 Å². The van der Waals surface area contributed by atoms with Gasteiger partial charge in [0, 0.05) is 10.4 Å². The summed E-state index contributed by atoms with van der Waals surface area (Å²) in [6, 6.07) is 4.86. The van der Waals surface area contributed by atoms with Crippen LogP contribution in [0.15, 0.2) is 22.6 Å². The van der Waals surface area contributed by atoms with Gasteiger partial charge in [-0.1, -0.05) is 35.4 Å². The lowest BCUT2D eigenvalue weighted by Gasteiger charge is -2.03. The summed E-state index contributed by atoms with van der Waals surface area (Å²) < 4.78 is 5.25. The molecule has 0 saturated heterocycles. The molecule has 6 heteroatoms. The molecule has 0 bridgehead atoms. The summed E-state index contributed by atoms with van der Waals surface area (Å²) in [6.45, 7) is 0. The zero-order chi connectivity index (χ0) is 11.9. The number of hydrogen-bond donors (Lipinski definition) is 2. The van der Waals surface area contributed by atoms with Crippen molar-refractivity contribution in [2.75, 3.05) is 0 Å². The number of nitrogens with two attached hydrogens (primary N) is 1. The van der Waals surface area contributed by atoms with Gasteiger partial charge in [0.15, 0.2) is 5.58 Å². The molecule has 2 rings (SSSR count). The quantitative estimate of drug-likeness (QED) is 0.785. The van der Waals surface area contributed by atoms with Crippen molar-refractivity contribution in [3.63, 3.8) is 0 Å². The van der Waals surface area contributed by atoms with E-state index in [-0.39, 0.29) is 10.5 Å². The van der Waals surface area contributed by atoms with Crippen molar-refractivity contribution in [3.8, 4) is 0 Å². The van der Waals surface area contributed by atoms with Crippen molar-refractivity contribution < 1.29 is 4.42 Å². The second-order valence-electron chi connectivity index (χ2n) is 3.16. The Kier molecular flexibility index (Phi) is 2.88. The van der Waals surface area contributed by atoms with E-state index in [2.05, 4.69) is 0 Å². The van der Waals surface area contributed by atoms with Crippen molar-refractivity contribution >= 4 is 51.4 Å². The van der Waals surface area contributed by atoms with Gasteiger partial charge < -0.3 is 10.2 Å². The molecule has 0 saturated carbocycles. The van der Waals surface area contributed by atoms with Gasteiger partial charge in [0.2, 0.25) is 5.55 Å². The molecule has 1 aromatic carbocycles. The molecule has 0 atom stereocenters. The van der Waals surface area contributed by atoms with Gasteiger partial charge in [-0.25, -0.2) is 0 Å². The smallest absolute Gasteiger partial charge is 0.222 e. The molecule has 0 unspecified atom stereocenters. The topological polar surface area (TPSA) is 63.0 Å². The highest BCUT2D eigenvalue weighted by molar-refractivity contribution is 7.80. The second-order valence-corrected chi connectivity index (χ2v) is 4.44. The van der Waals surface area contributed by atoms with Crippen LogP contribution >= 0.6 is 35.4 Å². The summed E-state index contributed by atoms with van der Waals surface area (Å²) in [5.74, 6) is 0. The van der Waals surface area contributed by atoms with Crippen molar-refractivity contribution in [3.05, 3.63) is 39.4 Å². The fraction of sp³-hybridized carbons (Fsp3) is 0. The van der Waals surface area contributed by atoms with Crippen LogP contribution in [0.1, 0.15) is 5.56 Å². The molecule has 0 fully saturated rings. The average Bonchev–Trinajstić information content (AvgIpc) is 2.18. The molecule has 0 aliphatic rings. The number of rotatable bonds is 1. The number of thiocarbonyl (C=S) groups is 1. The molecule has 3 N–H and O–H groups in total. The number of nitrogens with one attached hydrogen (secondary N) is 1. The fourth-order valence-electron chi connectivity index (χ4n) is 1.36. The van der Waals surface area contributed by atoms with Crippen LogP contribution < -0.4 is 11.3 Å². The minimum absolute atomic E-state index is 0.103. The third kappa shape index (κ3) is 1.91. The zero-order valence-corrected chi connectivity index (χ0v) is 10.2. The number of fused-ring (bicyclic) bond motifs is 1. The van der Waals surface area contributed by atoms with Crippen LogP contribution in [0.4, 0.5) is 0 Å². The molecule has 0 aliphatic heterocycles. The van der Waals surface area contributed by atoms with Crippen LogP contribution in [-0.4, -0.2) is 4.99 Å². The van der Waals surface area contributed by atoms with Gasteiger partial charge >= 0.3 is 0 Å². The highest BCUT2D eigenvalue weighted by atomic mass is 35.5. The minimum Gasteiger partial charge on any atom is -0.437 e. The van der Waals surface area contributed by atoms with Crippen LogP contribution in [-0.2, 0) is 0 Å². The molecular formula is C10H6Cl2N2OS. The second kappa shape index (κ2) is 4.05. The Morgan fingerprint density at radius 3 is 2.62 bits per heavy atom. The Morgan fingerprint density at radius 1 is 1.31 bits per heavy atom. The Balaban J connectivity index is 2.90. The maximum absolute atomic E-state index is 7.61. The summed E-state index contributed by atoms with van der Waals surface area (Å²) in [5, 5.41) is 9.11. The highest BCUT2D eigenvalue weighted by Gasteiger charge is 2.08. The molecule has 0 aliphatic carbocycles. The summed E-state index contributed by atoms with van der Waals surface area (Å²) in [7, 11) is 0. The molecule has 3 nitrogen and oxygen atoms in total. The molecule has 0 radical (unpaired) electrons. The maximum Gasteiger partial charge on any atom is 0.222 e. The third-order valence-electron chi connectivity index (χ3n) is 2.05. The molecule has 1 aromatic heterocycles. The molecule has 0 spiro atoms. The monoisotopic (exact) mass is 272 g/mol. The first-order valence-electron chi connectivity index (χ1n) is 4.26. The predicted octanol–water partition coefficient (Wildman–Crippen LogP) is 2.85. The average molecular weight is 273 g/mol. The fourth-order valence-corrected chi connectivity index (χ4v) is 2.06. The minimum atomic E-state index is -0.107. The normalized spacial score (nSPS) is 10.6. The van der Waals surface area contributed by atoms with Gasteiger partial charge in [-0.3, -0.25) is 5.41 Å². The van der Waals surface area contributed by atoms with E-state index in [1.165, 1.54) is 0 Å². The summed E-state index contributed by atoms with van der Waals surface area (Å²) in [4.78, 5) is 0.103. The highest BCUT2D eigenvalue weighted by Crippen LogP contribution is 2.27. The standard InChI is InChI=1S/C10H6Cl2N2OS/c11-5-1-4-2-6(10(14)16)9(13)15-8(4)7(12)3-5/h1-3,13H,(H2,14,16). The SMILES string of the molecule is N=c1oc2c(Cl)cc(Cl)cc2cc1C(N)=S. The Labute approximate surface area is 106 Å². The van der Waals surface area contributed by atoms with E-state index in [1.807, 2.05) is 0 Å². The number of halogens is 2. The van der Waals surface area contributed by atoms with E-state index in [9.17, 15) is 0 Å². The van der Waals surface area contributed by atoms with Gasteiger partial charge in [-0.15, -0.1) is 0 Å². The van der Waals surface area contributed by atoms with E-state index in [0.717, 1.165) is 0 Å². The third-order valence-corrected chi connectivity index (χ3v) is 2.77. The summed E-state index contributed by atoms with van der Waals surface area (Å²) >= 11 is 16.6. The zero-order valence-electron chi connectivity index (χ0n) is 7.88. The van der Waals surface area contributed by atoms with Gasteiger partial charge in [0.05, 0.1) is 10.6 Å². The van der Waals surface area contributed by atoms with E-state index < -0.39 is 0 Å². The van der Waals surface area contributed by atoms with Crippen LogP contribution in [0.25, 0.3) is 11.0 Å². The molecular weight excluding hydrogens is 267 g/mol. The Hall–Kier alpha value is -1.10. The van der Waals surface area contributed by atoms with Crippen molar-refractivity contribution in [1.29, 1.82) is 5.41 Å². The predicted molar refractivity (Wildman–Crippen MR) is 68.0 cm³/mol. The van der Waals surface area contributed by atoms with E-state index in [0.29, 0.717) is 26.6 Å². The molecule has 82 valence electrons. The van der Waals surface area contributed by atoms with Crippen LogP contribution in [0.5, 0.6) is 0 Å². The molecule has 2 aromatic rings. The van der Waals surface area contributed by atoms with Gasteiger partial charge in [0.25, 0.3) is 0 Å². The molecule has 1 heterocycles. The number of hydrogen-bond acceptors (Lipinski definition) is 3. The summed E-state index contributed by atoms with van der Waals surface area (Å²) in [6.07, 6.45) is 0. The van der Waals surface area contributed by atoms with Crippen LogP contribution in [0, 0.1) is 5.41 Å². The van der Waals surface area contributed by atoms with E-state index in [4.69, 9.17) is 51.0 Å². The Bertz CT molecular complexity index is 651. The first-order chi connectivity index (χ1) is 7.49. The largest absolute Gasteiger partial charge is 0.437 e. The van der Waals surface area contributed by atoms with Gasteiger partial charge in [-0.05, 0) is 18.2 Å². The van der Waals surface area contributed by atoms with E-state index in [1.54, 1.807) is 18.2 Å². The van der Waals surface area contributed by atoms with E-state index >= 15 is 0 Å².